The second-order valence-corrected chi connectivity index (χ2v) is 21.2. The van der Waals surface area contributed by atoms with E-state index in [0.29, 0.717) is 12.8 Å². The average Bonchev–Trinajstić information content (AvgIpc) is 3.58. The summed E-state index contributed by atoms with van der Waals surface area (Å²) in [6.07, 6.45) is -6.67. The van der Waals surface area contributed by atoms with E-state index in [1.807, 2.05) is 13.8 Å². The van der Waals surface area contributed by atoms with E-state index >= 15 is 0 Å². The highest BCUT2D eigenvalue weighted by molar-refractivity contribution is 5.34. The van der Waals surface area contributed by atoms with Gasteiger partial charge in [-0.3, -0.25) is 0 Å². The monoisotopic (exact) mass is 782 g/mol. The summed E-state index contributed by atoms with van der Waals surface area (Å²) >= 11 is 0. The van der Waals surface area contributed by atoms with Crippen LogP contribution in [-0.4, -0.2) is 145 Å². The predicted molar refractivity (Wildman–Crippen MR) is 191 cm³/mol. The van der Waals surface area contributed by atoms with E-state index in [0.717, 1.165) is 38.5 Å². The highest BCUT2D eigenvalue weighted by atomic mass is 16.8. The summed E-state index contributed by atoms with van der Waals surface area (Å²) in [4.78, 5) is 0. The van der Waals surface area contributed by atoms with Crippen LogP contribution in [0.3, 0.4) is 0 Å². The largest absolute Gasteiger partial charge is 0.394 e. The number of rotatable bonds is 6. The molecule has 4 saturated heterocycles. The Bertz CT molecular complexity index is 1510. The molecule has 0 aromatic rings. The molecule has 0 aromatic heterocycles. The lowest BCUT2D eigenvalue weighted by Crippen LogP contribution is -2.63. The Hall–Kier alpha value is -0.560. The number of ether oxygens (including phenoxy) is 6. The number of aliphatic hydroxyl groups excluding tert-OH is 8. The molecule has 4 heterocycles. The zero-order valence-corrected chi connectivity index (χ0v) is 33.4. The molecule has 4 aliphatic heterocycles. The van der Waals surface area contributed by atoms with Crippen molar-refractivity contribution in [1.29, 1.82) is 0 Å². The zero-order chi connectivity index (χ0) is 39.6. The molecule has 0 unspecified atom stereocenters. The van der Waals surface area contributed by atoms with E-state index in [1.54, 1.807) is 0 Å². The van der Waals surface area contributed by atoms with Crippen LogP contribution in [0.15, 0.2) is 0 Å². The van der Waals surface area contributed by atoms with E-state index in [9.17, 15) is 40.9 Å². The molecule has 2 bridgehead atoms. The number of hydrogen-bond acceptors (Lipinski definition) is 14. The molecule has 3 spiro atoms. The lowest BCUT2D eigenvalue weighted by molar-refractivity contribution is -0.334. The minimum atomic E-state index is -1.55. The van der Waals surface area contributed by atoms with Crippen molar-refractivity contribution in [3.05, 3.63) is 0 Å². The molecule has 0 radical (unpaired) electrons. The minimum absolute atomic E-state index is 0.0384. The van der Waals surface area contributed by atoms with Gasteiger partial charge in [0.25, 0.3) is 0 Å². The molecule has 0 amide bonds. The Morgan fingerprint density at radius 2 is 1.44 bits per heavy atom. The first-order valence-corrected chi connectivity index (χ1v) is 21.0. The van der Waals surface area contributed by atoms with Crippen LogP contribution < -0.4 is 0 Å². The molecule has 9 aliphatic rings. The van der Waals surface area contributed by atoms with Crippen molar-refractivity contribution in [2.75, 3.05) is 13.2 Å². The maximum absolute atomic E-state index is 12.6. The standard InChI is InChI=1S/C41H66O14/c1-18-12-21-32(36(4,5)55-34-29(49)27(47)26(46)22(14-42)51-34)54-41(53-21)16-38(7)31-19(43)13-23-35(2,3)24(52-33-28(48)25(45)20(44)15-50-33)8-9-39(23)17-40(31,39)11-10-37(38,6)30(18)41/h18-34,42-49H,8-17H2,1-7H3/t18-,19+,20-,21-,22-,23+,24+,25+,26-,27+,28-,29-,30-,31+,32+,33+,34+,37-,38+,39-,40+,41-/m1/s1. The van der Waals surface area contributed by atoms with Crippen molar-refractivity contribution in [1.82, 2.24) is 0 Å². The highest BCUT2D eigenvalue weighted by Gasteiger charge is 2.87. The van der Waals surface area contributed by atoms with Crippen LogP contribution in [0, 0.1) is 50.7 Å². The fourth-order valence-electron chi connectivity index (χ4n) is 15.5. The normalized spacial score (nSPS) is 60.6. The summed E-state index contributed by atoms with van der Waals surface area (Å²) in [5.74, 6) is -0.345. The van der Waals surface area contributed by atoms with Gasteiger partial charge in [-0.2, -0.15) is 0 Å². The lowest BCUT2D eigenvalue weighted by Gasteiger charge is -2.64. The smallest absolute Gasteiger partial charge is 0.187 e. The first-order valence-electron chi connectivity index (χ1n) is 21.0. The summed E-state index contributed by atoms with van der Waals surface area (Å²) < 4.78 is 38.6. The van der Waals surface area contributed by atoms with Crippen molar-refractivity contribution >= 4 is 0 Å². The molecule has 9 fully saturated rings. The number of fused-ring (bicyclic) bond motifs is 4. The molecule has 5 saturated carbocycles. The Morgan fingerprint density at radius 3 is 2.15 bits per heavy atom. The molecule has 5 aliphatic carbocycles. The quantitative estimate of drug-likeness (QED) is 0.176. The third kappa shape index (κ3) is 5.10. The molecular formula is C41H66O14. The Morgan fingerprint density at radius 1 is 0.727 bits per heavy atom. The molecule has 14 heteroatoms. The summed E-state index contributed by atoms with van der Waals surface area (Å²) in [6.45, 7) is 14.6. The van der Waals surface area contributed by atoms with Crippen LogP contribution in [0.1, 0.15) is 99.8 Å². The molecule has 9 rings (SSSR count). The maximum Gasteiger partial charge on any atom is 0.187 e. The van der Waals surface area contributed by atoms with Gasteiger partial charge >= 0.3 is 0 Å². The average molecular weight is 783 g/mol. The summed E-state index contributed by atoms with van der Waals surface area (Å²) in [6, 6.07) is 0. The van der Waals surface area contributed by atoms with Gasteiger partial charge in [0.05, 0.1) is 37.1 Å². The molecule has 22 atom stereocenters. The van der Waals surface area contributed by atoms with Crippen LogP contribution in [0.5, 0.6) is 0 Å². The molecular weight excluding hydrogens is 716 g/mol. The number of hydrogen-bond donors (Lipinski definition) is 8. The molecule has 8 N–H and O–H groups in total. The van der Waals surface area contributed by atoms with E-state index in [1.165, 1.54) is 0 Å². The van der Waals surface area contributed by atoms with Gasteiger partial charge in [-0.15, -0.1) is 0 Å². The van der Waals surface area contributed by atoms with Gasteiger partial charge in [0, 0.05) is 12.3 Å². The topological polar surface area (TPSA) is 217 Å². The zero-order valence-electron chi connectivity index (χ0n) is 33.4. The molecule has 55 heavy (non-hydrogen) atoms. The van der Waals surface area contributed by atoms with Crippen LogP contribution >= 0.6 is 0 Å². The van der Waals surface area contributed by atoms with Crippen molar-refractivity contribution in [3.63, 3.8) is 0 Å². The van der Waals surface area contributed by atoms with Crippen molar-refractivity contribution < 1.29 is 69.3 Å². The van der Waals surface area contributed by atoms with Gasteiger partial charge in [0.2, 0.25) is 0 Å². The Balaban J connectivity index is 0.974. The first kappa shape index (κ1) is 39.9. The van der Waals surface area contributed by atoms with Gasteiger partial charge < -0.3 is 69.3 Å². The third-order valence-electron chi connectivity index (χ3n) is 18.0. The fourth-order valence-corrected chi connectivity index (χ4v) is 15.5. The van der Waals surface area contributed by atoms with Crippen molar-refractivity contribution in [2.24, 2.45) is 50.7 Å². The second-order valence-electron chi connectivity index (χ2n) is 21.2. The van der Waals surface area contributed by atoms with Crippen LogP contribution in [-0.2, 0) is 28.4 Å². The van der Waals surface area contributed by atoms with Crippen molar-refractivity contribution in [2.45, 2.75) is 191 Å². The first-order chi connectivity index (χ1) is 25.6. The van der Waals surface area contributed by atoms with Gasteiger partial charge in [0.1, 0.15) is 48.8 Å². The van der Waals surface area contributed by atoms with Crippen molar-refractivity contribution in [3.8, 4) is 0 Å². The number of aliphatic hydroxyl groups is 8. The van der Waals surface area contributed by atoms with Gasteiger partial charge in [-0.1, -0.05) is 34.6 Å². The van der Waals surface area contributed by atoms with E-state index in [2.05, 4.69) is 34.6 Å². The highest BCUT2D eigenvalue weighted by Crippen LogP contribution is 2.90. The summed E-state index contributed by atoms with van der Waals surface area (Å²) in [7, 11) is 0. The second kappa shape index (κ2) is 12.5. The van der Waals surface area contributed by atoms with Crippen LogP contribution in [0.25, 0.3) is 0 Å². The summed E-state index contributed by atoms with van der Waals surface area (Å²) in [5.41, 5.74) is -1.87. The van der Waals surface area contributed by atoms with Gasteiger partial charge in [-0.05, 0) is 104 Å². The maximum atomic E-state index is 12.6. The van der Waals surface area contributed by atoms with Crippen LogP contribution in [0.4, 0.5) is 0 Å². The molecule has 314 valence electrons. The Labute approximate surface area is 323 Å². The lowest BCUT2D eigenvalue weighted by atomic mass is 9.41. The predicted octanol–water partition coefficient (Wildman–Crippen LogP) is 0.946. The van der Waals surface area contributed by atoms with Crippen LogP contribution in [0.2, 0.25) is 0 Å². The van der Waals surface area contributed by atoms with E-state index in [-0.39, 0.29) is 69.6 Å². The minimum Gasteiger partial charge on any atom is -0.394 e. The molecule has 0 aromatic carbocycles. The van der Waals surface area contributed by atoms with E-state index < -0.39 is 85.5 Å². The Kier molecular flexibility index (Phi) is 9.06. The fraction of sp³-hybridized carbons (Fsp3) is 1.00. The van der Waals surface area contributed by atoms with E-state index in [4.69, 9.17) is 28.4 Å². The SMILES string of the molecule is C[C@@H]1C[C@H]2O[C@]3(C[C@@]4(C)[C@@H]5[C@@H](O)C[C@H]6C(C)(C)[C@@H](O[C@@H]7OC[C@@H](O)[C@H](O)[C@H]7O)CC[C@@]67C[C@@]57CC[C@]4(C)[C@@H]13)O[C@@H]2C(C)(C)O[C@@H]1O[C@H](CO)[C@@H](O)[C@H](O)[C@H]1O. The molecule has 14 nitrogen and oxygen atoms in total. The third-order valence-corrected chi connectivity index (χ3v) is 18.0. The van der Waals surface area contributed by atoms with Gasteiger partial charge in [-0.25, -0.2) is 0 Å². The van der Waals surface area contributed by atoms with Gasteiger partial charge in [0.15, 0.2) is 18.4 Å². The summed E-state index contributed by atoms with van der Waals surface area (Å²) in [5, 5.41) is 85.1.